The highest BCUT2D eigenvalue weighted by molar-refractivity contribution is 7.18. The van der Waals surface area contributed by atoms with Crippen LogP contribution in [0.2, 0.25) is 0 Å². The number of thiazole rings is 1. The molecule has 2 N–H and O–H groups in total. The fourth-order valence-corrected chi connectivity index (χ4v) is 3.20. The van der Waals surface area contributed by atoms with Gasteiger partial charge in [0.2, 0.25) is 0 Å². The number of aromatic nitrogens is 1. The SMILES string of the molecule is CNc1ccc(C(=O)NCc2nc3ccccc3s2)cc1[N+](=O)[O-]. The molecule has 0 aliphatic carbocycles. The molecule has 0 saturated heterocycles. The molecule has 24 heavy (non-hydrogen) atoms. The second-order valence-corrected chi connectivity index (χ2v) is 6.11. The summed E-state index contributed by atoms with van der Waals surface area (Å²) in [7, 11) is 1.59. The van der Waals surface area contributed by atoms with E-state index in [4.69, 9.17) is 0 Å². The number of amides is 1. The van der Waals surface area contributed by atoms with Crippen molar-refractivity contribution in [3.05, 3.63) is 63.1 Å². The summed E-state index contributed by atoms with van der Waals surface area (Å²) in [5, 5.41) is 17.3. The fourth-order valence-electron chi connectivity index (χ4n) is 2.29. The average Bonchev–Trinajstić information content (AvgIpc) is 3.02. The minimum absolute atomic E-state index is 0.134. The number of hydrogen-bond donors (Lipinski definition) is 2. The molecule has 3 aromatic rings. The molecule has 0 aliphatic rings. The first kappa shape index (κ1) is 15.9. The van der Waals surface area contributed by atoms with Crippen molar-refractivity contribution in [3.8, 4) is 0 Å². The Hall–Kier alpha value is -3.00. The van der Waals surface area contributed by atoms with E-state index in [0.29, 0.717) is 5.69 Å². The van der Waals surface area contributed by atoms with Gasteiger partial charge in [-0.15, -0.1) is 11.3 Å². The number of nitro benzene ring substituents is 1. The van der Waals surface area contributed by atoms with Crippen LogP contribution in [0.1, 0.15) is 15.4 Å². The van der Waals surface area contributed by atoms with Crippen molar-refractivity contribution in [1.29, 1.82) is 0 Å². The zero-order chi connectivity index (χ0) is 17.1. The highest BCUT2D eigenvalue weighted by atomic mass is 32.1. The predicted octanol–water partition coefficient (Wildman–Crippen LogP) is 3.18. The van der Waals surface area contributed by atoms with Gasteiger partial charge >= 0.3 is 0 Å². The molecule has 1 heterocycles. The highest BCUT2D eigenvalue weighted by Crippen LogP contribution is 2.25. The largest absolute Gasteiger partial charge is 0.383 e. The van der Waals surface area contributed by atoms with Crippen molar-refractivity contribution in [2.24, 2.45) is 0 Å². The maximum absolute atomic E-state index is 12.2. The number of nitrogens with one attached hydrogen (secondary N) is 2. The molecule has 2 aromatic carbocycles. The Morgan fingerprint density at radius 3 is 2.79 bits per heavy atom. The van der Waals surface area contributed by atoms with Gasteiger partial charge in [-0.25, -0.2) is 4.98 Å². The van der Waals surface area contributed by atoms with Gasteiger partial charge in [0.15, 0.2) is 0 Å². The lowest BCUT2D eigenvalue weighted by atomic mass is 10.1. The number of anilines is 1. The molecular weight excluding hydrogens is 328 g/mol. The van der Waals surface area contributed by atoms with E-state index in [9.17, 15) is 14.9 Å². The van der Waals surface area contributed by atoms with Crippen LogP contribution >= 0.6 is 11.3 Å². The van der Waals surface area contributed by atoms with Crippen LogP contribution in [0.3, 0.4) is 0 Å². The molecule has 0 bridgehead atoms. The second-order valence-electron chi connectivity index (χ2n) is 5.00. The lowest BCUT2D eigenvalue weighted by Crippen LogP contribution is -2.22. The van der Waals surface area contributed by atoms with Gasteiger partial charge in [-0.1, -0.05) is 12.1 Å². The molecule has 0 unspecified atom stereocenters. The quantitative estimate of drug-likeness (QED) is 0.548. The minimum Gasteiger partial charge on any atom is -0.383 e. The van der Waals surface area contributed by atoms with Crippen LogP contribution in [0.4, 0.5) is 11.4 Å². The van der Waals surface area contributed by atoms with Gasteiger partial charge in [0.1, 0.15) is 10.7 Å². The molecule has 7 nitrogen and oxygen atoms in total. The number of carbonyl (C=O) groups is 1. The van der Waals surface area contributed by atoms with Gasteiger partial charge in [-0.05, 0) is 24.3 Å². The molecular formula is C16H14N4O3S. The lowest BCUT2D eigenvalue weighted by Gasteiger charge is -2.06. The molecule has 1 aromatic heterocycles. The Balaban J connectivity index is 1.75. The zero-order valence-corrected chi connectivity index (χ0v) is 13.6. The summed E-state index contributed by atoms with van der Waals surface area (Å²) >= 11 is 1.50. The number of carbonyl (C=O) groups excluding carboxylic acids is 1. The molecule has 0 atom stereocenters. The number of para-hydroxylation sites is 1. The van der Waals surface area contributed by atoms with Crippen LogP contribution in [0.25, 0.3) is 10.2 Å². The first-order chi connectivity index (χ1) is 11.6. The van der Waals surface area contributed by atoms with Crippen molar-refractivity contribution in [1.82, 2.24) is 10.3 Å². The van der Waals surface area contributed by atoms with Gasteiger partial charge in [0, 0.05) is 18.7 Å². The van der Waals surface area contributed by atoms with E-state index in [-0.39, 0.29) is 23.7 Å². The van der Waals surface area contributed by atoms with E-state index in [0.717, 1.165) is 15.2 Å². The van der Waals surface area contributed by atoms with Crippen LogP contribution in [0.5, 0.6) is 0 Å². The maximum Gasteiger partial charge on any atom is 0.293 e. The number of nitrogens with zero attached hydrogens (tertiary/aromatic N) is 2. The first-order valence-electron chi connectivity index (χ1n) is 7.17. The summed E-state index contributed by atoms with van der Waals surface area (Å²) in [6, 6.07) is 12.1. The smallest absolute Gasteiger partial charge is 0.293 e. The summed E-state index contributed by atoms with van der Waals surface area (Å²) in [5.41, 5.74) is 1.36. The third-order valence-corrected chi connectivity index (χ3v) is 4.50. The Bertz CT molecular complexity index is 890. The van der Waals surface area contributed by atoms with Crippen molar-refractivity contribution in [3.63, 3.8) is 0 Å². The average molecular weight is 342 g/mol. The molecule has 122 valence electrons. The summed E-state index contributed by atoms with van der Waals surface area (Å²) in [4.78, 5) is 27.2. The van der Waals surface area contributed by atoms with Crippen LogP contribution in [-0.2, 0) is 6.54 Å². The fraction of sp³-hybridized carbons (Fsp3) is 0.125. The van der Waals surface area contributed by atoms with Crippen molar-refractivity contribution >= 4 is 38.8 Å². The molecule has 0 spiro atoms. The predicted molar refractivity (Wildman–Crippen MR) is 93.4 cm³/mol. The number of rotatable bonds is 5. The summed E-state index contributed by atoms with van der Waals surface area (Å²) in [6.07, 6.45) is 0. The Morgan fingerprint density at radius 2 is 2.08 bits per heavy atom. The Morgan fingerprint density at radius 1 is 1.29 bits per heavy atom. The van der Waals surface area contributed by atoms with E-state index >= 15 is 0 Å². The zero-order valence-electron chi connectivity index (χ0n) is 12.8. The standard InChI is InChI=1S/C16H14N4O3S/c1-17-11-7-6-10(8-13(11)20(22)23)16(21)18-9-15-19-12-4-2-3-5-14(12)24-15/h2-8,17H,9H2,1H3,(H,18,21). The molecule has 0 saturated carbocycles. The van der Waals surface area contributed by atoms with Crippen LogP contribution in [0.15, 0.2) is 42.5 Å². The van der Waals surface area contributed by atoms with Crippen molar-refractivity contribution in [2.75, 3.05) is 12.4 Å². The van der Waals surface area contributed by atoms with E-state index in [1.165, 1.54) is 23.5 Å². The lowest BCUT2D eigenvalue weighted by molar-refractivity contribution is -0.384. The maximum atomic E-state index is 12.2. The van der Waals surface area contributed by atoms with E-state index < -0.39 is 4.92 Å². The van der Waals surface area contributed by atoms with Gasteiger partial charge in [-0.2, -0.15) is 0 Å². The van der Waals surface area contributed by atoms with E-state index in [1.807, 2.05) is 24.3 Å². The molecule has 0 aliphatic heterocycles. The number of fused-ring (bicyclic) bond motifs is 1. The highest BCUT2D eigenvalue weighted by Gasteiger charge is 2.17. The van der Waals surface area contributed by atoms with Crippen molar-refractivity contribution < 1.29 is 9.72 Å². The minimum atomic E-state index is -0.518. The molecule has 3 rings (SSSR count). The van der Waals surface area contributed by atoms with E-state index in [1.54, 1.807) is 13.1 Å². The Labute approximate surface area is 141 Å². The van der Waals surface area contributed by atoms with Crippen LogP contribution in [0, 0.1) is 10.1 Å². The summed E-state index contributed by atoms with van der Waals surface area (Å²) in [6.45, 7) is 0.278. The molecule has 1 amide bonds. The first-order valence-corrected chi connectivity index (χ1v) is 7.99. The topological polar surface area (TPSA) is 97.2 Å². The molecule has 0 radical (unpaired) electrons. The number of nitro groups is 1. The van der Waals surface area contributed by atoms with Gasteiger partial charge in [0.05, 0.1) is 21.7 Å². The van der Waals surface area contributed by atoms with E-state index in [2.05, 4.69) is 15.6 Å². The monoisotopic (exact) mass is 342 g/mol. The van der Waals surface area contributed by atoms with Gasteiger partial charge < -0.3 is 10.6 Å². The second kappa shape index (κ2) is 6.63. The molecule has 0 fully saturated rings. The summed E-state index contributed by atoms with van der Waals surface area (Å²) in [5.74, 6) is -0.375. The number of benzene rings is 2. The van der Waals surface area contributed by atoms with Crippen LogP contribution < -0.4 is 10.6 Å². The normalized spacial score (nSPS) is 10.5. The number of hydrogen-bond acceptors (Lipinski definition) is 6. The third kappa shape index (κ3) is 3.18. The molecule has 8 heteroatoms. The van der Waals surface area contributed by atoms with Crippen molar-refractivity contribution in [2.45, 2.75) is 6.54 Å². The van der Waals surface area contributed by atoms with Gasteiger partial charge in [0.25, 0.3) is 11.6 Å². The Kier molecular flexibility index (Phi) is 4.39. The van der Waals surface area contributed by atoms with Gasteiger partial charge in [-0.3, -0.25) is 14.9 Å². The van der Waals surface area contributed by atoms with Crippen LogP contribution in [-0.4, -0.2) is 22.9 Å². The summed E-state index contributed by atoms with van der Waals surface area (Å²) < 4.78 is 1.05. The third-order valence-electron chi connectivity index (χ3n) is 3.46.